The molecule has 1 N–H and O–H groups in total. The van der Waals surface area contributed by atoms with Crippen LogP contribution in [0.1, 0.15) is 19.8 Å². The number of rotatable bonds is 5. The molecule has 0 aliphatic carbocycles. The van der Waals surface area contributed by atoms with Gasteiger partial charge in [0.05, 0.1) is 12.8 Å². The van der Waals surface area contributed by atoms with Gasteiger partial charge in [0.25, 0.3) is 0 Å². The van der Waals surface area contributed by atoms with E-state index in [0.29, 0.717) is 12.2 Å². The van der Waals surface area contributed by atoms with E-state index in [2.05, 4.69) is 28.2 Å². The summed E-state index contributed by atoms with van der Waals surface area (Å²) >= 11 is 0. The molecule has 0 spiro atoms. The second-order valence-corrected chi connectivity index (χ2v) is 5.47. The van der Waals surface area contributed by atoms with E-state index in [1.54, 1.807) is 7.11 Å². The molecule has 1 saturated heterocycles. The summed E-state index contributed by atoms with van der Waals surface area (Å²) in [5.41, 5.74) is 1.89. The Morgan fingerprint density at radius 1 is 1.29 bits per heavy atom. The first kappa shape index (κ1) is 15.6. The van der Waals surface area contributed by atoms with Gasteiger partial charge in [-0.05, 0) is 31.7 Å². The van der Waals surface area contributed by atoms with Gasteiger partial charge in [-0.15, -0.1) is 0 Å². The number of benzene rings is 1. The summed E-state index contributed by atoms with van der Waals surface area (Å²) in [4.78, 5) is 16.5. The average molecular weight is 291 g/mol. The summed E-state index contributed by atoms with van der Waals surface area (Å²) < 4.78 is 5.34. The number of piperazine rings is 1. The molecule has 1 aliphatic rings. The molecule has 0 bridgehead atoms. The van der Waals surface area contributed by atoms with Gasteiger partial charge < -0.3 is 19.9 Å². The normalized spacial score (nSPS) is 15.9. The molecule has 2 rings (SSSR count). The van der Waals surface area contributed by atoms with Crippen molar-refractivity contribution in [2.24, 2.45) is 0 Å². The van der Waals surface area contributed by atoms with Crippen LogP contribution in [0.2, 0.25) is 0 Å². The number of carbonyl (C=O) groups is 1. The van der Waals surface area contributed by atoms with Crippen molar-refractivity contribution in [2.75, 3.05) is 50.6 Å². The van der Waals surface area contributed by atoms with Gasteiger partial charge in [-0.3, -0.25) is 4.79 Å². The van der Waals surface area contributed by atoms with Gasteiger partial charge >= 0.3 is 0 Å². The number of nitrogens with zero attached hydrogens (tertiary/aromatic N) is 2. The Kier molecular flexibility index (Phi) is 5.44. The van der Waals surface area contributed by atoms with Crippen LogP contribution in [0, 0.1) is 0 Å². The van der Waals surface area contributed by atoms with Gasteiger partial charge in [-0.2, -0.15) is 0 Å². The Bertz CT molecular complexity index is 482. The summed E-state index contributed by atoms with van der Waals surface area (Å²) in [5.74, 6) is 0.739. The molecule has 5 nitrogen and oxygen atoms in total. The maximum absolute atomic E-state index is 11.8. The van der Waals surface area contributed by atoms with Gasteiger partial charge in [0.1, 0.15) is 5.75 Å². The van der Waals surface area contributed by atoms with Crippen molar-refractivity contribution in [3.63, 3.8) is 0 Å². The maximum Gasteiger partial charge on any atom is 0.224 e. The van der Waals surface area contributed by atoms with Crippen LogP contribution in [0.15, 0.2) is 18.2 Å². The monoisotopic (exact) mass is 291 g/mol. The Balaban J connectivity index is 2.14. The molecule has 21 heavy (non-hydrogen) atoms. The third-order valence-corrected chi connectivity index (χ3v) is 3.80. The van der Waals surface area contributed by atoms with Crippen molar-refractivity contribution in [3.8, 4) is 5.75 Å². The molecule has 0 radical (unpaired) electrons. The highest BCUT2D eigenvalue weighted by atomic mass is 16.5. The van der Waals surface area contributed by atoms with Crippen LogP contribution in [0.25, 0.3) is 0 Å². The highest BCUT2D eigenvalue weighted by molar-refractivity contribution is 5.93. The fraction of sp³-hybridized carbons (Fsp3) is 0.562. The Morgan fingerprint density at radius 2 is 2.00 bits per heavy atom. The minimum absolute atomic E-state index is 0.0336. The predicted octanol–water partition coefficient (Wildman–Crippen LogP) is 2.19. The summed E-state index contributed by atoms with van der Waals surface area (Å²) in [6.07, 6.45) is 1.37. The highest BCUT2D eigenvalue weighted by Crippen LogP contribution is 2.30. The zero-order chi connectivity index (χ0) is 15.2. The first-order valence-corrected chi connectivity index (χ1v) is 7.55. The minimum atomic E-state index is 0.0336. The SMILES string of the molecule is CCCC(=O)Nc1cc(N2CCN(C)CC2)ccc1OC. The van der Waals surface area contributed by atoms with Gasteiger partial charge in [-0.1, -0.05) is 6.92 Å². The molecule has 5 heteroatoms. The van der Waals surface area contributed by atoms with Crippen molar-refractivity contribution in [1.29, 1.82) is 0 Å². The molecular formula is C16H25N3O2. The number of nitrogens with one attached hydrogen (secondary N) is 1. The van der Waals surface area contributed by atoms with Crippen LogP contribution in [0.5, 0.6) is 5.75 Å². The quantitative estimate of drug-likeness (QED) is 0.903. The van der Waals surface area contributed by atoms with E-state index in [-0.39, 0.29) is 5.91 Å². The largest absolute Gasteiger partial charge is 0.495 e. The number of hydrogen-bond acceptors (Lipinski definition) is 4. The fourth-order valence-corrected chi connectivity index (χ4v) is 2.49. The van der Waals surface area contributed by atoms with Crippen LogP contribution >= 0.6 is 0 Å². The second kappa shape index (κ2) is 7.31. The van der Waals surface area contributed by atoms with Crippen molar-refractivity contribution < 1.29 is 9.53 Å². The van der Waals surface area contributed by atoms with E-state index in [9.17, 15) is 4.79 Å². The number of ether oxygens (including phenoxy) is 1. The van der Waals surface area contributed by atoms with Crippen molar-refractivity contribution in [3.05, 3.63) is 18.2 Å². The zero-order valence-electron chi connectivity index (χ0n) is 13.2. The first-order valence-electron chi connectivity index (χ1n) is 7.55. The van der Waals surface area contributed by atoms with Gasteiger partial charge in [0, 0.05) is 38.3 Å². The third-order valence-electron chi connectivity index (χ3n) is 3.80. The molecule has 1 amide bonds. The van der Waals surface area contributed by atoms with E-state index in [1.165, 1.54) is 0 Å². The second-order valence-electron chi connectivity index (χ2n) is 5.47. The van der Waals surface area contributed by atoms with Crippen molar-refractivity contribution in [1.82, 2.24) is 4.90 Å². The summed E-state index contributed by atoms with van der Waals surface area (Å²) in [7, 11) is 3.77. The molecule has 0 unspecified atom stereocenters. The van der Waals surface area contributed by atoms with Crippen molar-refractivity contribution >= 4 is 17.3 Å². The van der Waals surface area contributed by atoms with Crippen LogP contribution < -0.4 is 15.0 Å². The molecule has 0 atom stereocenters. The molecule has 1 aliphatic heterocycles. The summed E-state index contributed by atoms with van der Waals surface area (Å²) in [6, 6.07) is 5.99. The molecule has 116 valence electrons. The Morgan fingerprint density at radius 3 is 2.62 bits per heavy atom. The summed E-state index contributed by atoms with van der Waals surface area (Å²) in [6.45, 7) is 6.13. The topological polar surface area (TPSA) is 44.8 Å². The molecule has 1 fully saturated rings. The molecule has 0 saturated carbocycles. The van der Waals surface area contributed by atoms with Crippen molar-refractivity contribution in [2.45, 2.75) is 19.8 Å². The Labute approximate surface area is 126 Å². The van der Waals surface area contributed by atoms with E-state index in [4.69, 9.17) is 4.74 Å². The van der Waals surface area contributed by atoms with Gasteiger partial charge in [0.2, 0.25) is 5.91 Å². The van der Waals surface area contributed by atoms with E-state index >= 15 is 0 Å². The minimum Gasteiger partial charge on any atom is -0.495 e. The summed E-state index contributed by atoms with van der Waals surface area (Å²) in [5, 5.41) is 2.95. The molecular weight excluding hydrogens is 266 g/mol. The lowest BCUT2D eigenvalue weighted by Gasteiger charge is -2.34. The first-order chi connectivity index (χ1) is 10.1. The molecule has 1 heterocycles. The van der Waals surface area contributed by atoms with Crippen LogP contribution in [0.4, 0.5) is 11.4 Å². The smallest absolute Gasteiger partial charge is 0.224 e. The standard InChI is InChI=1S/C16H25N3O2/c1-4-5-16(20)17-14-12-13(6-7-15(14)21-3)19-10-8-18(2)9-11-19/h6-7,12H,4-5,8-11H2,1-3H3,(H,17,20). The van der Waals surface area contributed by atoms with Gasteiger partial charge in [-0.25, -0.2) is 0 Å². The lowest BCUT2D eigenvalue weighted by molar-refractivity contribution is -0.116. The van der Waals surface area contributed by atoms with E-state index in [1.807, 2.05) is 19.1 Å². The number of anilines is 2. The van der Waals surface area contributed by atoms with Crippen LogP contribution in [-0.4, -0.2) is 51.1 Å². The predicted molar refractivity (Wildman–Crippen MR) is 86.2 cm³/mol. The molecule has 1 aromatic rings. The average Bonchev–Trinajstić information content (AvgIpc) is 2.48. The molecule has 1 aromatic carbocycles. The lowest BCUT2D eigenvalue weighted by atomic mass is 10.2. The Hall–Kier alpha value is -1.75. The van der Waals surface area contributed by atoms with E-state index < -0.39 is 0 Å². The number of hydrogen-bond donors (Lipinski definition) is 1. The number of likely N-dealkylation sites (N-methyl/N-ethyl adjacent to an activating group) is 1. The van der Waals surface area contributed by atoms with E-state index in [0.717, 1.165) is 44.0 Å². The van der Waals surface area contributed by atoms with Gasteiger partial charge in [0.15, 0.2) is 0 Å². The number of carbonyl (C=O) groups excluding carboxylic acids is 1. The molecule has 0 aromatic heterocycles. The fourth-order valence-electron chi connectivity index (χ4n) is 2.49. The highest BCUT2D eigenvalue weighted by Gasteiger charge is 2.16. The van der Waals surface area contributed by atoms with Crippen LogP contribution in [-0.2, 0) is 4.79 Å². The zero-order valence-corrected chi connectivity index (χ0v) is 13.2. The maximum atomic E-state index is 11.8. The number of amides is 1. The third kappa shape index (κ3) is 4.11. The van der Waals surface area contributed by atoms with Crippen LogP contribution in [0.3, 0.4) is 0 Å². The number of methoxy groups -OCH3 is 1. The lowest BCUT2D eigenvalue weighted by Crippen LogP contribution is -2.44.